The summed E-state index contributed by atoms with van der Waals surface area (Å²) in [7, 11) is 0. The lowest BCUT2D eigenvalue weighted by Crippen LogP contribution is -1.98. The fraction of sp³-hybridized carbons (Fsp3) is 0.385. The van der Waals surface area contributed by atoms with E-state index in [0.717, 1.165) is 12.0 Å². The second-order valence-electron chi connectivity index (χ2n) is 3.61. The van der Waals surface area contributed by atoms with Crippen molar-refractivity contribution in [3.63, 3.8) is 0 Å². The van der Waals surface area contributed by atoms with E-state index in [1.54, 1.807) is 6.07 Å². The zero-order valence-corrected chi connectivity index (χ0v) is 9.36. The first-order valence-corrected chi connectivity index (χ1v) is 5.25. The molecule has 2 nitrogen and oxygen atoms in total. The zero-order valence-electron chi connectivity index (χ0n) is 9.36. The van der Waals surface area contributed by atoms with E-state index in [9.17, 15) is 5.11 Å². The van der Waals surface area contributed by atoms with Gasteiger partial charge in [-0.05, 0) is 30.9 Å². The van der Waals surface area contributed by atoms with E-state index in [-0.39, 0.29) is 5.75 Å². The molecule has 0 aliphatic rings. The van der Waals surface area contributed by atoms with E-state index in [2.05, 4.69) is 13.5 Å². The molecule has 1 rings (SSSR count). The number of hydrogen-bond donors (Lipinski definition) is 1. The molecule has 0 fully saturated rings. The van der Waals surface area contributed by atoms with E-state index >= 15 is 0 Å². The Morgan fingerprint density at radius 2 is 2.27 bits per heavy atom. The molecule has 1 atom stereocenters. The molecule has 0 heterocycles. The molecule has 0 aromatic heterocycles. The number of aromatic hydroxyl groups is 1. The highest BCUT2D eigenvalue weighted by Crippen LogP contribution is 2.31. The number of hydrogen-bond acceptors (Lipinski definition) is 2. The van der Waals surface area contributed by atoms with Gasteiger partial charge in [-0.2, -0.15) is 0 Å². The number of allylic oxidation sites excluding steroid dienone is 1. The Kier molecular flexibility index (Phi) is 4.22. The molecular formula is C13H18O2. The first kappa shape index (κ1) is 11.6. The Morgan fingerprint density at radius 3 is 2.87 bits per heavy atom. The van der Waals surface area contributed by atoms with Crippen LogP contribution in [-0.2, 0) is 6.42 Å². The third-order valence-electron chi connectivity index (χ3n) is 2.33. The molecule has 0 amide bonds. The molecule has 0 bridgehead atoms. The van der Waals surface area contributed by atoms with Crippen molar-refractivity contribution in [2.24, 2.45) is 5.92 Å². The van der Waals surface area contributed by atoms with Crippen LogP contribution >= 0.6 is 0 Å². The maximum atomic E-state index is 9.91. The first-order valence-electron chi connectivity index (χ1n) is 5.25. The largest absolute Gasteiger partial charge is 0.504 e. The minimum atomic E-state index is 0.257. The Morgan fingerprint density at radius 1 is 1.53 bits per heavy atom. The van der Waals surface area contributed by atoms with Crippen LogP contribution in [0.5, 0.6) is 11.5 Å². The van der Waals surface area contributed by atoms with Crippen LogP contribution in [0.25, 0.3) is 0 Å². The van der Waals surface area contributed by atoms with Crippen LogP contribution in [0.4, 0.5) is 0 Å². The van der Waals surface area contributed by atoms with E-state index in [0.29, 0.717) is 18.3 Å². The highest BCUT2D eigenvalue weighted by Gasteiger charge is 2.09. The van der Waals surface area contributed by atoms with E-state index in [1.807, 2.05) is 25.1 Å². The first-order chi connectivity index (χ1) is 7.19. The van der Waals surface area contributed by atoms with Crippen molar-refractivity contribution in [2.75, 3.05) is 6.61 Å². The molecule has 1 aromatic rings. The monoisotopic (exact) mass is 206 g/mol. The fourth-order valence-corrected chi connectivity index (χ4v) is 1.43. The maximum Gasteiger partial charge on any atom is 0.161 e. The number of phenols is 1. The molecular weight excluding hydrogens is 188 g/mol. The molecule has 0 aliphatic carbocycles. The third-order valence-corrected chi connectivity index (χ3v) is 2.33. The quantitative estimate of drug-likeness (QED) is 0.750. The summed E-state index contributed by atoms with van der Waals surface area (Å²) in [6.07, 6.45) is 2.67. The average Bonchev–Trinajstić information content (AvgIpc) is 2.24. The summed E-state index contributed by atoms with van der Waals surface area (Å²) >= 11 is 0. The molecule has 1 N–H and O–H groups in total. The van der Waals surface area contributed by atoms with Crippen LogP contribution < -0.4 is 4.74 Å². The Labute approximate surface area is 91.2 Å². The van der Waals surface area contributed by atoms with Crippen molar-refractivity contribution >= 4 is 0 Å². The molecule has 0 saturated carbocycles. The van der Waals surface area contributed by atoms with Gasteiger partial charge in [-0.3, -0.25) is 0 Å². The van der Waals surface area contributed by atoms with Crippen LogP contribution in [0, 0.1) is 5.92 Å². The van der Waals surface area contributed by atoms with Crippen LogP contribution in [-0.4, -0.2) is 11.7 Å². The normalized spacial score (nSPS) is 12.1. The number of rotatable bonds is 5. The smallest absolute Gasteiger partial charge is 0.161 e. The predicted octanol–water partition coefficient (Wildman–Crippen LogP) is 3.16. The van der Waals surface area contributed by atoms with Gasteiger partial charge in [0, 0.05) is 0 Å². The van der Waals surface area contributed by atoms with Crippen molar-refractivity contribution in [3.8, 4) is 11.5 Å². The van der Waals surface area contributed by atoms with Crippen LogP contribution in [0.2, 0.25) is 0 Å². The van der Waals surface area contributed by atoms with Crippen molar-refractivity contribution in [1.29, 1.82) is 0 Å². The number of phenolic OH excluding ortho intramolecular Hbond substituents is 1. The van der Waals surface area contributed by atoms with Gasteiger partial charge in [0.15, 0.2) is 11.5 Å². The molecule has 1 aromatic carbocycles. The number of ether oxygens (including phenoxy) is 1. The SMILES string of the molecule is C=CC(C)Cc1cccc(OCC)c1O. The maximum absolute atomic E-state index is 9.91. The van der Waals surface area contributed by atoms with E-state index < -0.39 is 0 Å². The Balaban J connectivity index is 2.88. The molecule has 0 aliphatic heterocycles. The van der Waals surface area contributed by atoms with Crippen molar-refractivity contribution in [2.45, 2.75) is 20.3 Å². The standard InChI is InChI=1S/C13H18O2/c1-4-10(3)9-11-7-6-8-12(13(11)14)15-5-2/h4,6-8,10,14H,1,5,9H2,2-3H3. The summed E-state index contributed by atoms with van der Waals surface area (Å²) < 4.78 is 5.32. The number of para-hydroxylation sites is 1. The summed E-state index contributed by atoms with van der Waals surface area (Å²) in [6.45, 7) is 8.27. The highest BCUT2D eigenvalue weighted by molar-refractivity contribution is 5.45. The second kappa shape index (κ2) is 5.44. The van der Waals surface area contributed by atoms with Crippen molar-refractivity contribution < 1.29 is 9.84 Å². The Hall–Kier alpha value is -1.44. The van der Waals surface area contributed by atoms with Crippen LogP contribution in [0.15, 0.2) is 30.9 Å². The van der Waals surface area contributed by atoms with Gasteiger partial charge in [0.2, 0.25) is 0 Å². The van der Waals surface area contributed by atoms with E-state index in [4.69, 9.17) is 4.74 Å². The average molecular weight is 206 g/mol. The van der Waals surface area contributed by atoms with Gasteiger partial charge in [0.05, 0.1) is 6.61 Å². The van der Waals surface area contributed by atoms with Gasteiger partial charge in [-0.15, -0.1) is 6.58 Å². The summed E-state index contributed by atoms with van der Waals surface area (Å²) in [5.74, 6) is 1.17. The fourth-order valence-electron chi connectivity index (χ4n) is 1.43. The molecule has 1 unspecified atom stereocenters. The summed E-state index contributed by atoms with van der Waals surface area (Å²) in [5.41, 5.74) is 0.911. The molecule has 0 saturated heterocycles. The molecule has 82 valence electrons. The van der Waals surface area contributed by atoms with Crippen molar-refractivity contribution in [1.82, 2.24) is 0 Å². The Bertz CT molecular complexity index is 331. The van der Waals surface area contributed by atoms with Crippen LogP contribution in [0.3, 0.4) is 0 Å². The molecule has 0 radical (unpaired) electrons. The lowest BCUT2D eigenvalue weighted by Gasteiger charge is -2.11. The predicted molar refractivity (Wildman–Crippen MR) is 62.3 cm³/mol. The van der Waals surface area contributed by atoms with Crippen molar-refractivity contribution in [3.05, 3.63) is 36.4 Å². The summed E-state index contributed by atoms with van der Waals surface area (Å²) in [4.78, 5) is 0. The summed E-state index contributed by atoms with van der Waals surface area (Å²) in [6, 6.07) is 5.59. The second-order valence-corrected chi connectivity index (χ2v) is 3.61. The molecule has 2 heteroatoms. The van der Waals surface area contributed by atoms with Gasteiger partial charge in [0.25, 0.3) is 0 Å². The summed E-state index contributed by atoms with van der Waals surface area (Å²) in [5, 5.41) is 9.91. The highest BCUT2D eigenvalue weighted by atomic mass is 16.5. The molecule has 0 spiro atoms. The van der Waals surface area contributed by atoms with Crippen LogP contribution in [0.1, 0.15) is 19.4 Å². The van der Waals surface area contributed by atoms with E-state index in [1.165, 1.54) is 0 Å². The minimum Gasteiger partial charge on any atom is -0.504 e. The minimum absolute atomic E-state index is 0.257. The molecule has 15 heavy (non-hydrogen) atoms. The zero-order chi connectivity index (χ0) is 11.3. The lowest BCUT2D eigenvalue weighted by atomic mass is 10.0. The topological polar surface area (TPSA) is 29.5 Å². The van der Waals surface area contributed by atoms with Gasteiger partial charge in [0.1, 0.15) is 0 Å². The van der Waals surface area contributed by atoms with Gasteiger partial charge >= 0.3 is 0 Å². The van der Waals surface area contributed by atoms with Gasteiger partial charge < -0.3 is 9.84 Å². The van der Waals surface area contributed by atoms with Gasteiger partial charge in [-0.1, -0.05) is 25.1 Å². The third kappa shape index (κ3) is 3.01. The lowest BCUT2D eigenvalue weighted by molar-refractivity contribution is 0.316. The van der Waals surface area contributed by atoms with Gasteiger partial charge in [-0.25, -0.2) is 0 Å². The number of benzene rings is 1.